The Hall–Kier alpha value is -0.0900. The molecule has 118 valence electrons. The molecule has 0 radical (unpaired) electrons. The zero-order valence-corrected chi connectivity index (χ0v) is 15.6. The summed E-state index contributed by atoms with van der Waals surface area (Å²) in [6.07, 6.45) is 1.46. The molecule has 0 aliphatic carbocycles. The fourth-order valence-corrected chi connectivity index (χ4v) is 8.36. The summed E-state index contributed by atoms with van der Waals surface area (Å²) in [7, 11) is -3.80. The first-order valence-electron chi connectivity index (χ1n) is 6.43. The number of thioether (sulfide) groups is 1. The van der Waals surface area contributed by atoms with Gasteiger partial charge in [-0.1, -0.05) is 13.3 Å². The first-order chi connectivity index (χ1) is 9.78. The molecule has 1 N–H and O–H groups in total. The first-order valence-corrected chi connectivity index (χ1v) is 10.5. The molecule has 1 aromatic rings. The van der Waals surface area contributed by atoms with Crippen molar-refractivity contribution in [2.24, 2.45) is 0 Å². The van der Waals surface area contributed by atoms with Crippen molar-refractivity contribution in [1.29, 1.82) is 0 Å². The van der Waals surface area contributed by atoms with Gasteiger partial charge in [0.25, 0.3) is 0 Å². The van der Waals surface area contributed by atoms with Crippen LogP contribution in [0.15, 0.2) is 14.7 Å². The second-order valence-corrected chi connectivity index (χ2v) is 10.4. The van der Waals surface area contributed by atoms with E-state index in [1.165, 1.54) is 27.4 Å². The third kappa shape index (κ3) is 3.31. The molecule has 1 aliphatic heterocycles. The summed E-state index contributed by atoms with van der Waals surface area (Å²) < 4.78 is 27.7. The molecular formula is C12H16BrNO4S3. The molecule has 2 atom stereocenters. The topological polar surface area (TPSA) is 74.7 Å². The standard InChI is InChI=1S/C12H16BrNO4S3/c1-3-4-11-14(8(6-19-11)12(15)16)21(17,18)9-5-10(13)20-7(9)2/h5,8,11H,3-4,6H2,1-2H3,(H,15,16). The Balaban J connectivity index is 2.47. The van der Waals surface area contributed by atoms with E-state index < -0.39 is 22.0 Å². The molecule has 9 heteroatoms. The van der Waals surface area contributed by atoms with Crippen LogP contribution < -0.4 is 0 Å². The highest BCUT2D eigenvalue weighted by Gasteiger charge is 2.46. The van der Waals surface area contributed by atoms with Crippen molar-refractivity contribution in [3.63, 3.8) is 0 Å². The number of carbonyl (C=O) groups is 1. The van der Waals surface area contributed by atoms with Crippen LogP contribution in [0, 0.1) is 6.92 Å². The number of halogens is 1. The number of thiophene rings is 1. The van der Waals surface area contributed by atoms with Crippen LogP contribution in [-0.2, 0) is 14.8 Å². The minimum absolute atomic E-state index is 0.203. The summed E-state index contributed by atoms with van der Waals surface area (Å²) in [6.45, 7) is 3.70. The summed E-state index contributed by atoms with van der Waals surface area (Å²) in [5.41, 5.74) is 0. The molecule has 0 spiro atoms. The predicted octanol–water partition coefficient (Wildman–Crippen LogP) is 3.14. The molecule has 0 bridgehead atoms. The van der Waals surface area contributed by atoms with Crippen LogP contribution in [-0.4, -0.2) is 41.0 Å². The molecule has 5 nitrogen and oxygen atoms in total. The number of aryl methyl sites for hydroxylation is 1. The van der Waals surface area contributed by atoms with E-state index in [1.807, 2.05) is 6.92 Å². The van der Waals surface area contributed by atoms with E-state index in [0.717, 1.165) is 10.2 Å². The Kier molecular flexibility index (Phi) is 5.40. The molecule has 1 fully saturated rings. The van der Waals surface area contributed by atoms with Gasteiger partial charge in [-0.05, 0) is 35.3 Å². The number of aliphatic carboxylic acids is 1. The molecule has 1 aromatic heterocycles. The van der Waals surface area contributed by atoms with Crippen molar-refractivity contribution >= 4 is 55.0 Å². The number of sulfonamides is 1. The molecule has 1 saturated heterocycles. The summed E-state index contributed by atoms with van der Waals surface area (Å²) in [5, 5.41) is 9.02. The third-order valence-corrected chi connectivity index (χ3v) is 8.47. The molecule has 0 saturated carbocycles. The van der Waals surface area contributed by atoms with Crippen LogP contribution >= 0.6 is 39.0 Å². The maximum absolute atomic E-state index is 12.9. The van der Waals surface area contributed by atoms with Gasteiger partial charge in [0.15, 0.2) is 0 Å². The van der Waals surface area contributed by atoms with E-state index in [2.05, 4.69) is 15.9 Å². The highest BCUT2D eigenvalue weighted by atomic mass is 79.9. The van der Waals surface area contributed by atoms with Crippen LogP contribution in [0.3, 0.4) is 0 Å². The second-order valence-electron chi connectivity index (χ2n) is 4.74. The van der Waals surface area contributed by atoms with Crippen molar-refractivity contribution in [1.82, 2.24) is 4.31 Å². The SMILES string of the molecule is CCCC1SCC(C(=O)O)N1S(=O)(=O)c1cc(Br)sc1C. The average Bonchev–Trinajstić information content (AvgIpc) is 2.94. The fourth-order valence-electron chi connectivity index (χ4n) is 2.31. The van der Waals surface area contributed by atoms with Crippen LogP contribution in [0.1, 0.15) is 24.6 Å². The van der Waals surface area contributed by atoms with Crippen molar-refractivity contribution < 1.29 is 18.3 Å². The monoisotopic (exact) mass is 413 g/mol. The van der Waals surface area contributed by atoms with Crippen LogP contribution in [0.5, 0.6) is 0 Å². The summed E-state index contributed by atoms with van der Waals surface area (Å²) in [5.74, 6) is -0.791. The van der Waals surface area contributed by atoms with Crippen molar-refractivity contribution in [3.8, 4) is 0 Å². The Labute approximate surface area is 140 Å². The lowest BCUT2D eigenvalue weighted by Crippen LogP contribution is -2.45. The van der Waals surface area contributed by atoms with Gasteiger partial charge < -0.3 is 5.11 Å². The van der Waals surface area contributed by atoms with Crippen LogP contribution in [0.25, 0.3) is 0 Å². The van der Waals surface area contributed by atoms with Gasteiger partial charge in [-0.3, -0.25) is 4.79 Å². The Morgan fingerprint density at radius 2 is 2.24 bits per heavy atom. The van der Waals surface area contributed by atoms with E-state index >= 15 is 0 Å². The smallest absolute Gasteiger partial charge is 0.322 e. The molecule has 2 rings (SSSR count). The summed E-state index contributed by atoms with van der Waals surface area (Å²) in [6, 6.07) is 0.565. The van der Waals surface area contributed by atoms with E-state index in [9.17, 15) is 18.3 Å². The van der Waals surface area contributed by atoms with Crippen molar-refractivity contribution in [3.05, 3.63) is 14.7 Å². The zero-order valence-electron chi connectivity index (χ0n) is 11.6. The van der Waals surface area contributed by atoms with E-state index in [0.29, 0.717) is 17.1 Å². The second kappa shape index (κ2) is 6.57. The van der Waals surface area contributed by atoms with Gasteiger partial charge in [0.05, 0.1) is 14.1 Å². The lowest BCUT2D eigenvalue weighted by molar-refractivity contribution is -0.140. The van der Waals surface area contributed by atoms with Gasteiger partial charge >= 0.3 is 5.97 Å². The maximum atomic E-state index is 12.9. The minimum atomic E-state index is -3.80. The normalized spacial score (nSPS) is 23.6. The lowest BCUT2D eigenvalue weighted by Gasteiger charge is -2.26. The fraction of sp³-hybridized carbons (Fsp3) is 0.583. The number of hydrogen-bond acceptors (Lipinski definition) is 5. The van der Waals surface area contributed by atoms with Gasteiger partial charge in [-0.15, -0.1) is 23.1 Å². The highest BCUT2D eigenvalue weighted by Crippen LogP contribution is 2.39. The van der Waals surface area contributed by atoms with E-state index in [4.69, 9.17) is 0 Å². The molecule has 0 amide bonds. The predicted molar refractivity (Wildman–Crippen MR) is 88.4 cm³/mol. The van der Waals surface area contributed by atoms with Gasteiger partial charge in [0.1, 0.15) is 6.04 Å². The van der Waals surface area contributed by atoms with Gasteiger partial charge in [-0.2, -0.15) is 4.31 Å². The summed E-state index contributed by atoms with van der Waals surface area (Å²) >= 11 is 6.03. The lowest BCUT2D eigenvalue weighted by atomic mass is 10.3. The third-order valence-electron chi connectivity index (χ3n) is 3.26. The number of rotatable bonds is 5. The Bertz CT molecular complexity index is 643. The number of nitrogens with zero attached hydrogens (tertiary/aromatic N) is 1. The molecule has 2 unspecified atom stereocenters. The van der Waals surface area contributed by atoms with Gasteiger partial charge in [-0.25, -0.2) is 8.42 Å². The van der Waals surface area contributed by atoms with E-state index in [-0.39, 0.29) is 10.3 Å². The van der Waals surface area contributed by atoms with Crippen LogP contribution in [0.4, 0.5) is 0 Å². The van der Waals surface area contributed by atoms with Crippen molar-refractivity contribution in [2.75, 3.05) is 5.75 Å². The highest BCUT2D eigenvalue weighted by molar-refractivity contribution is 9.11. The molecular weight excluding hydrogens is 398 g/mol. The van der Waals surface area contributed by atoms with Crippen LogP contribution in [0.2, 0.25) is 0 Å². The maximum Gasteiger partial charge on any atom is 0.322 e. The number of carboxylic acid groups (broad SMARTS) is 1. The first kappa shape index (κ1) is 17.3. The number of hydrogen-bond donors (Lipinski definition) is 1. The van der Waals surface area contributed by atoms with Crippen molar-refractivity contribution in [2.45, 2.75) is 43.0 Å². The minimum Gasteiger partial charge on any atom is -0.480 e. The quantitative estimate of drug-likeness (QED) is 0.801. The number of carboxylic acids is 1. The molecule has 1 aliphatic rings. The Morgan fingerprint density at radius 3 is 2.71 bits per heavy atom. The zero-order chi connectivity index (χ0) is 15.8. The molecule has 0 aromatic carbocycles. The molecule has 21 heavy (non-hydrogen) atoms. The Morgan fingerprint density at radius 1 is 1.57 bits per heavy atom. The molecule has 2 heterocycles. The summed E-state index contributed by atoms with van der Waals surface area (Å²) in [4.78, 5) is 12.3. The van der Waals surface area contributed by atoms with E-state index in [1.54, 1.807) is 13.0 Å². The average molecular weight is 414 g/mol. The van der Waals surface area contributed by atoms with Gasteiger partial charge in [0, 0.05) is 10.6 Å². The van der Waals surface area contributed by atoms with Gasteiger partial charge in [0.2, 0.25) is 10.0 Å². The largest absolute Gasteiger partial charge is 0.480 e.